The number of hydrogen-bond donors (Lipinski definition) is 1. The number of halogens is 1. The van der Waals surface area contributed by atoms with Crippen molar-refractivity contribution >= 4 is 17.3 Å². The smallest absolute Gasteiger partial charge is 0.0992 e. The van der Waals surface area contributed by atoms with Crippen molar-refractivity contribution in [3.8, 4) is 6.07 Å². The van der Waals surface area contributed by atoms with Crippen LogP contribution in [-0.2, 0) is 0 Å². The average Bonchev–Trinajstić information content (AvgIpc) is 3.32. The summed E-state index contributed by atoms with van der Waals surface area (Å²) < 4.78 is 0. The molecule has 0 aliphatic heterocycles. The Kier molecular flexibility index (Phi) is 3.86. The van der Waals surface area contributed by atoms with Crippen molar-refractivity contribution in [2.75, 3.05) is 5.32 Å². The Labute approximate surface area is 130 Å². The lowest BCUT2D eigenvalue weighted by Gasteiger charge is -2.21. The largest absolute Gasteiger partial charge is 0.378 e. The third kappa shape index (κ3) is 3.20. The number of anilines is 1. The summed E-state index contributed by atoms with van der Waals surface area (Å²) in [5.74, 6) is 0.663. The standard InChI is InChI=1S/C18H17ClN2/c1-12-2-3-13(11-20)10-17(12)21-18(14-4-5-14)15-6-8-16(19)9-7-15/h2-3,6-10,14,18,21H,4-5H2,1H3. The van der Waals surface area contributed by atoms with Gasteiger partial charge in [0.05, 0.1) is 17.7 Å². The van der Waals surface area contributed by atoms with Crippen LogP contribution in [0.25, 0.3) is 0 Å². The van der Waals surface area contributed by atoms with Gasteiger partial charge in [0.25, 0.3) is 0 Å². The molecule has 3 heteroatoms. The van der Waals surface area contributed by atoms with Crippen LogP contribution in [0.2, 0.25) is 5.02 Å². The van der Waals surface area contributed by atoms with Crippen LogP contribution in [0.3, 0.4) is 0 Å². The van der Waals surface area contributed by atoms with Crippen LogP contribution in [0.15, 0.2) is 42.5 Å². The second-order valence-corrected chi connectivity index (χ2v) is 6.09. The molecule has 1 aliphatic carbocycles. The highest BCUT2D eigenvalue weighted by atomic mass is 35.5. The van der Waals surface area contributed by atoms with E-state index in [9.17, 15) is 0 Å². The Morgan fingerprint density at radius 1 is 1.19 bits per heavy atom. The predicted octanol–water partition coefficient (Wildman–Crippen LogP) is 5.08. The second-order valence-electron chi connectivity index (χ2n) is 5.65. The molecule has 0 amide bonds. The van der Waals surface area contributed by atoms with Gasteiger partial charge in [-0.1, -0.05) is 29.8 Å². The highest BCUT2D eigenvalue weighted by Gasteiger charge is 2.32. The molecule has 2 aromatic rings. The number of nitriles is 1. The van der Waals surface area contributed by atoms with Gasteiger partial charge in [0.2, 0.25) is 0 Å². The van der Waals surface area contributed by atoms with E-state index in [2.05, 4.69) is 30.4 Å². The van der Waals surface area contributed by atoms with Crippen molar-refractivity contribution in [2.24, 2.45) is 5.92 Å². The van der Waals surface area contributed by atoms with Crippen LogP contribution in [0.1, 0.15) is 35.6 Å². The van der Waals surface area contributed by atoms with E-state index in [1.54, 1.807) is 0 Å². The van der Waals surface area contributed by atoms with Gasteiger partial charge in [-0.25, -0.2) is 0 Å². The van der Waals surface area contributed by atoms with Gasteiger partial charge in [-0.05, 0) is 61.1 Å². The summed E-state index contributed by atoms with van der Waals surface area (Å²) in [4.78, 5) is 0. The third-order valence-corrected chi connectivity index (χ3v) is 4.25. The maximum atomic E-state index is 9.06. The first kappa shape index (κ1) is 14.0. The van der Waals surface area contributed by atoms with Crippen LogP contribution in [0.5, 0.6) is 0 Å². The van der Waals surface area contributed by atoms with Crippen LogP contribution in [0.4, 0.5) is 5.69 Å². The quantitative estimate of drug-likeness (QED) is 0.853. The summed E-state index contributed by atoms with van der Waals surface area (Å²) in [6.45, 7) is 2.06. The molecule has 3 rings (SSSR count). The topological polar surface area (TPSA) is 35.8 Å². The fraction of sp³-hybridized carbons (Fsp3) is 0.278. The summed E-state index contributed by atoms with van der Waals surface area (Å²) in [5, 5.41) is 13.4. The molecule has 106 valence electrons. The summed E-state index contributed by atoms with van der Waals surface area (Å²) in [6.07, 6.45) is 2.49. The van der Waals surface area contributed by atoms with E-state index in [1.165, 1.54) is 18.4 Å². The molecule has 0 spiro atoms. The van der Waals surface area contributed by atoms with Gasteiger partial charge in [-0.15, -0.1) is 0 Å². The molecule has 1 unspecified atom stereocenters. The minimum atomic E-state index is 0.287. The number of benzene rings is 2. The van der Waals surface area contributed by atoms with Crippen molar-refractivity contribution in [3.05, 3.63) is 64.2 Å². The maximum Gasteiger partial charge on any atom is 0.0992 e. The van der Waals surface area contributed by atoms with E-state index in [-0.39, 0.29) is 6.04 Å². The van der Waals surface area contributed by atoms with Gasteiger partial charge >= 0.3 is 0 Å². The summed E-state index contributed by atoms with van der Waals surface area (Å²) >= 11 is 5.98. The molecular weight excluding hydrogens is 280 g/mol. The molecule has 0 saturated heterocycles. The fourth-order valence-electron chi connectivity index (χ4n) is 2.59. The summed E-state index contributed by atoms with van der Waals surface area (Å²) in [7, 11) is 0. The van der Waals surface area contributed by atoms with Crippen molar-refractivity contribution < 1.29 is 0 Å². The van der Waals surface area contributed by atoms with Gasteiger partial charge in [-0.3, -0.25) is 0 Å². The fourth-order valence-corrected chi connectivity index (χ4v) is 2.71. The Morgan fingerprint density at radius 3 is 2.52 bits per heavy atom. The van der Waals surface area contributed by atoms with Gasteiger partial charge in [-0.2, -0.15) is 5.26 Å². The van der Waals surface area contributed by atoms with Crippen molar-refractivity contribution in [3.63, 3.8) is 0 Å². The Bertz CT molecular complexity index is 681. The highest BCUT2D eigenvalue weighted by Crippen LogP contribution is 2.43. The number of rotatable bonds is 4. The molecule has 0 radical (unpaired) electrons. The Balaban J connectivity index is 1.89. The monoisotopic (exact) mass is 296 g/mol. The van der Waals surface area contributed by atoms with E-state index in [1.807, 2.05) is 30.3 Å². The van der Waals surface area contributed by atoms with Crippen molar-refractivity contribution in [2.45, 2.75) is 25.8 Å². The average molecular weight is 297 g/mol. The summed E-state index contributed by atoms with van der Waals surface area (Å²) in [5.41, 5.74) is 4.15. The van der Waals surface area contributed by atoms with Crippen LogP contribution < -0.4 is 5.32 Å². The van der Waals surface area contributed by atoms with E-state index < -0.39 is 0 Å². The van der Waals surface area contributed by atoms with E-state index in [0.29, 0.717) is 11.5 Å². The number of nitrogens with zero attached hydrogens (tertiary/aromatic N) is 1. The van der Waals surface area contributed by atoms with Gasteiger partial charge in [0, 0.05) is 10.7 Å². The lowest BCUT2D eigenvalue weighted by atomic mass is 10.0. The lowest BCUT2D eigenvalue weighted by molar-refractivity contribution is 0.678. The first-order valence-electron chi connectivity index (χ1n) is 7.20. The van der Waals surface area contributed by atoms with E-state index in [0.717, 1.165) is 16.3 Å². The molecular formula is C18H17ClN2. The molecule has 1 fully saturated rings. The zero-order chi connectivity index (χ0) is 14.8. The molecule has 2 nitrogen and oxygen atoms in total. The minimum Gasteiger partial charge on any atom is -0.378 e. The van der Waals surface area contributed by atoms with Crippen molar-refractivity contribution in [1.29, 1.82) is 5.26 Å². The SMILES string of the molecule is Cc1ccc(C#N)cc1NC(c1ccc(Cl)cc1)C1CC1. The molecule has 1 aliphatic rings. The predicted molar refractivity (Wildman–Crippen MR) is 86.4 cm³/mol. The highest BCUT2D eigenvalue weighted by molar-refractivity contribution is 6.30. The lowest BCUT2D eigenvalue weighted by Crippen LogP contribution is -2.13. The van der Waals surface area contributed by atoms with E-state index >= 15 is 0 Å². The molecule has 2 aromatic carbocycles. The molecule has 21 heavy (non-hydrogen) atoms. The molecule has 1 atom stereocenters. The zero-order valence-electron chi connectivity index (χ0n) is 11.9. The third-order valence-electron chi connectivity index (χ3n) is 4.00. The Morgan fingerprint density at radius 2 is 1.90 bits per heavy atom. The number of aryl methyl sites for hydroxylation is 1. The minimum absolute atomic E-state index is 0.287. The van der Waals surface area contributed by atoms with Crippen LogP contribution in [0, 0.1) is 24.2 Å². The summed E-state index contributed by atoms with van der Waals surface area (Å²) in [6, 6.07) is 16.3. The van der Waals surface area contributed by atoms with Gasteiger partial charge < -0.3 is 5.32 Å². The van der Waals surface area contributed by atoms with E-state index in [4.69, 9.17) is 16.9 Å². The molecule has 0 heterocycles. The van der Waals surface area contributed by atoms with Gasteiger partial charge in [0.15, 0.2) is 0 Å². The Hall–Kier alpha value is -1.98. The van der Waals surface area contributed by atoms with Crippen LogP contribution >= 0.6 is 11.6 Å². The zero-order valence-corrected chi connectivity index (χ0v) is 12.7. The van der Waals surface area contributed by atoms with Crippen molar-refractivity contribution in [1.82, 2.24) is 0 Å². The molecule has 0 bridgehead atoms. The van der Waals surface area contributed by atoms with Crippen LogP contribution in [-0.4, -0.2) is 0 Å². The normalized spacial score (nSPS) is 15.3. The maximum absolute atomic E-state index is 9.06. The first-order valence-corrected chi connectivity index (χ1v) is 7.58. The molecule has 1 saturated carbocycles. The molecule has 0 aromatic heterocycles. The first-order chi connectivity index (χ1) is 10.2. The second kappa shape index (κ2) is 5.79. The molecule has 1 N–H and O–H groups in total. The van der Waals surface area contributed by atoms with Gasteiger partial charge in [0.1, 0.15) is 0 Å². The number of nitrogens with one attached hydrogen (secondary N) is 1. The number of hydrogen-bond acceptors (Lipinski definition) is 2.